The monoisotopic (exact) mass is 505 g/mol. The molecule has 0 saturated carbocycles. The van der Waals surface area contributed by atoms with Crippen LogP contribution in [0.15, 0.2) is 29.7 Å². The minimum absolute atomic E-state index is 0.153. The fourth-order valence-corrected chi connectivity index (χ4v) is 4.15. The number of amides is 1. The molecule has 9 heteroatoms. The molecule has 0 bridgehead atoms. The molecule has 1 aromatic carbocycles. The Morgan fingerprint density at radius 3 is 2.77 bits per heavy atom. The van der Waals surface area contributed by atoms with E-state index >= 15 is 0 Å². The van der Waals surface area contributed by atoms with Crippen LogP contribution in [-0.2, 0) is 14.3 Å². The number of ether oxygens (including phenoxy) is 3. The molecule has 1 heterocycles. The minimum Gasteiger partial charge on any atom is -0.493 e. The van der Waals surface area contributed by atoms with E-state index in [0.717, 1.165) is 9.13 Å². The SMILES string of the molecule is C=CCN1C(=O)/C(=C\c2cc(I)c(OCC(=O)OC)c(OC)c2)SC1=S. The molecule has 0 N–H and O–H groups in total. The number of carbonyl (C=O) groups excluding carboxylic acids is 2. The largest absolute Gasteiger partial charge is 0.493 e. The van der Waals surface area contributed by atoms with Crippen LogP contribution in [-0.4, -0.2) is 48.5 Å². The van der Waals surface area contributed by atoms with Gasteiger partial charge in [-0.2, -0.15) is 0 Å². The first-order chi connectivity index (χ1) is 12.4. The van der Waals surface area contributed by atoms with Crippen LogP contribution in [0, 0.1) is 3.57 Å². The number of carbonyl (C=O) groups is 2. The van der Waals surface area contributed by atoms with Crippen molar-refractivity contribution < 1.29 is 23.8 Å². The fourth-order valence-electron chi connectivity index (χ4n) is 2.09. The van der Waals surface area contributed by atoms with E-state index in [1.807, 2.05) is 6.07 Å². The number of thiocarbonyl (C=S) groups is 1. The van der Waals surface area contributed by atoms with Crippen molar-refractivity contribution in [1.82, 2.24) is 4.90 Å². The summed E-state index contributed by atoms with van der Waals surface area (Å²) in [6, 6.07) is 3.56. The van der Waals surface area contributed by atoms with Gasteiger partial charge in [-0.25, -0.2) is 4.79 Å². The zero-order valence-electron chi connectivity index (χ0n) is 14.1. The Labute approximate surface area is 174 Å². The van der Waals surface area contributed by atoms with Gasteiger partial charge in [0.05, 0.1) is 22.7 Å². The summed E-state index contributed by atoms with van der Waals surface area (Å²) in [5, 5.41) is 0. The van der Waals surface area contributed by atoms with Gasteiger partial charge >= 0.3 is 5.97 Å². The number of rotatable bonds is 7. The lowest BCUT2D eigenvalue weighted by Crippen LogP contribution is -2.27. The van der Waals surface area contributed by atoms with E-state index in [0.29, 0.717) is 27.3 Å². The smallest absolute Gasteiger partial charge is 0.343 e. The second-order valence-electron chi connectivity index (χ2n) is 4.98. The summed E-state index contributed by atoms with van der Waals surface area (Å²) in [4.78, 5) is 25.7. The predicted molar refractivity (Wildman–Crippen MR) is 113 cm³/mol. The fraction of sp³-hybridized carbons (Fsp3) is 0.235. The Morgan fingerprint density at radius 1 is 1.42 bits per heavy atom. The van der Waals surface area contributed by atoms with Gasteiger partial charge in [0.25, 0.3) is 5.91 Å². The van der Waals surface area contributed by atoms with E-state index in [4.69, 9.17) is 21.7 Å². The molecule has 1 aliphatic rings. The van der Waals surface area contributed by atoms with Crippen molar-refractivity contribution in [3.8, 4) is 11.5 Å². The zero-order chi connectivity index (χ0) is 19.3. The summed E-state index contributed by atoms with van der Waals surface area (Å²) in [5.41, 5.74) is 0.760. The Bertz CT molecular complexity index is 794. The maximum absolute atomic E-state index is 12.4. The lowest BCUT2D eigenvalue weighted by atomic mass is 10.2. The van der Waals surface area contributed by atoms with Gasteiger partial charge in [0.2, 0.25) is 0 Å². The van der Waals surface area contributed by atoms with Crippen LogP contribution in [0.3, 0.4) is 0 Å². The highest BCUT2D eigenvalue weighted by molar-refractivity contribution is 14.1. The van der Waals surface area contributed by atoms with Crippen LogP contribution < -0.4 is 9.47 Å². The highest BCUT2D eigenvalue weighted by Crippen LogP contribution is 2.37. The number of thioether (sulfide) groups is 1. The Hall–Kier alpha value is -1.59. The third-order valence-corrected chi connectivity index (χ3v) is 5.48. The highest BCUT2D eigenvalue weighted by atomic mass is 127. The molecule has 0 spiro atoms. The van der Waals surface area contributed by atoms with Gasteiger partial charge in [-0.15, -0.1) is 6.58 Å². The summed E-state index contributed by atoms with van der Waals surface area (Å²) >= 11 is 8.55. The number of halogens is 1. The van der Waals surface area contributed by atoms with E-state index in [9.17, 15) is 9.59 Å². The molecule has 0 unspecified atom stereocenters. The summed E-state index contributed by atoms with van der Waals surface area (Å²) in [6.45, 7) is 3.79. The lowest BCUT2D eigenvalue weighted by molar-refractivity contribution is -0.143. The van der Waals surface area contributed by atoms with Crippen molar-refractivity contribution in [3.05, 3.63) is 38.8 Å². The Balaban J connectivity index is 2.30. The van der Waals surface area contributed by atoms with Crippen LogP contribution in [0.5, 0.6) is 11.5 Å². The van der Waals surface area contributed by atoms with E-state index in [2.05, 4.69) is 33.9 Å². The molecular weight excluding hydrogens is 489 g/mol. The highest BCUT2D eigenvalue weighted by Gasteiger charge is 2.31. The number of benzene rings is 1. The van der Waals surface area contributed by atoms with E-state index < -0.39 is 5.97 Å². The molecule has 138 valence electrons. The van der Waals surface area contributed by atoms with E-state index in [-0.39, 0.29) is 12.5 Å². The minimum atomic E-state index is -0.488. The van der Waals surface area contributed by atoms with Gasteiger partial charge in [-0.1, -0.05) is 30.1 Å². The van der Waals surface area contributed by atoms with Crippen LogP contribution in [0.4, 0.5) is 0 Å². The van der Waals surface area contributed by atoms with Gasteiger partial charge in [0.15, 0.2) is 18.1 Å². The third-order valence-electron chi connectivity index (χ3n) is 3.30. The van der Waals surface area contributed by atoms with Crippen molar-refractivity contribution in [2.45, 2.75) is 0 Å². The predicted octanol–water partition coefficient (Wildman–Crippen LogP) is 3.24. The molecule has 0 aliphatic carbocycles. The quantitative estimate of drug-likeness (QED) is 0.185. The molecule has 1 aliphatic heterocycles. The Kier molecular flexibility index (Phi) is 7.47. The summed E-state index contributed by atoms with van der Waals surface area (Å²) in [5.74, 6) is 0.251. The molecular formula is C17H16INO5S2. The average molecular weight is 505 g/mol. The standard InChI is InChI=1S/C17H16INO5S2/c1-4-5-19-16(21)13(26-17(19)25)8-10-6-11(18)15(12(7-10)22-2)24-9-14(20)23-3/h4,6-8H,1,5,9H2,2-3H3/b13-8+. The third kappa shape index (κ3) is 4.77. The second-order valence-corrected chi connectivity index (χ2v) is 7.82. The molecule has 6 nitrogen and oxygen atoms in total. The Morgan fingerprint density at radius 2 is 2.15 bits per heavy atom. The van der Waals surface area contributed by atoms with Gasteiger partial charge in [-0.3, -0.25) is 9.69 Å². The van der Waals surface area contributed by atoms with Crippen LogP contribution in [0.25, 0.3) is 6.08 Å². The van der Waals surface area contributed by atoms with Crippen LogP contribution in [0.2, 0.25) is 0 Å². The topological polar surface area (TPSA) is 65.1 Å². The van der Waals surface area contributed by atoms with E-state index in [1.165, 1.54) is 30.9 Å². The summed E-state index contributed by atoms with van der Waals surface area (Å²) < 4.78 is 16.6. The number of hydrogen-bond donors (Lipinski definition) is 0. The number of hydrogen-bond acceptors (Lipinski definition) is 7. The summed E-state index contributed by atoms with van der Waals surface area (Å²) in [6.07, 6.45) is 3.38. The summed E-state index contributed by atoms with van der Waals surface area (Å²) in [7, 11) is 2.79. The first-order valence-corrected chi connectivity index (χ1v) is 9.65. The maximum Gasteiger partial charge on any atom is 0.343 e. The molecule has 26 heavy (non-hydrogen) atoms. The molecule has 1 aromatic rings. The number of esters is 1. The molecule has 1 amide bonds. The second kappa shape index (κ2) is 9.38. The van der Waals surface area contributed by atoms with Crippen LogP contribution in [0.1, 0.15) is 5.56 Å². The lowest BCUT2D eigenvalue weighted by Gasteiger charge is -2.13. The van der Waals surface area contributed by atoms with Gasteiger partial charge in [-0.05, 0) is 46.4 Å². The zero-order valence-corrected chi connectivity index (χ0v) is 17.9. The molecule has 2 rings (SSSR count). The van der Waals surface area contributed by atoms with Crippen molar-refractivity contribution in [2.75, 3.05) is 27.4 Å². The van der Waals surface area contributed by atoms with Gasteiger partial charge in [0.1, 0.15) is 4.32 Å². The van der Waals surface area contributed by atoms with Crippen molar-refractivity contribution >= 4 is 68.8 Å². The van der Waals surface area contributed by atoms with E-state index in [1.54, 1.807) is 18.2 Å². The normalized spacial score (nSPS) is 15.3. The van der Waals surface area contributed by atoms with Gasteiger partial charge < -0.3 is 14.2 Å². The first-order valence-electron chi connectivity index (χ1n) is 7.34. The van der Waals surface area contributed by atoms with Crippen molar-refractivity contribution in [2.24, 2.45) is 0 Å². The number of nitrogens with zero attached hydrogens (tertiary/aromatic N) is 1. The molecule has 1 fully saturated rings. The average Bonchev–Trinajstić information content (AvgIpc) is 2.87. The van der Waals surface area contributed by atoms with Crippen molar-refractivity contribution in [3.63, 3.8) is 0 Å². The van der Waals surface area contributed by atoms with Crippen molar-refractivity contribution in [1.29, 1.82) is 0 Å². The molecule has 0 atom stereocenters. The molecule has 1 saturated heterocycles. The molecule has 0 aromatic heterocycles. The molecule has 0 radical (unpaired) electrons. The maximum atomic E-state index is 12.4. The first kappa shape index (κ1) is 20.7. The van der Waals surface area contributed by atoms with Crippen LogP contribution >= 0.6 is 46.6 Å². The number of methoxy groups -OCH3 is 2. The van der Waals surface area contributed by atoms with Gasteiger partial charge in [0, 0.05) is 6.54 Å².